The Hall–Kier alpha value is -1.65. The predicted octanol–water partition coefficient (Wildman–Crippen LogP) is 2.46. The SMILES string of the molecule is Cc1ccc(C(O)CN(C)Cc2cc(C)on2)cc1. The fraction of sp³-hybridized carbons (Fsp3) is 0.400. The van der Waals surface area contributed by atoms with Gasteiger partial charge >= 0.3 is 0 Å². The summed E-state index contributed by atoms with van der Waals surface area (Å²) in [6.07, 6.45) is -0.487. The number of nitrogens with zero attached hydrogens (tertiary/aromatic N) is 2. The molecule has 2 rings (SSSR count). The Balaban J connectivity index is 1.91. The minimum atomic E-state index is -0.487. The first-order valence-electron chi connectivity index (χ1n) is 6.40. The third-order valence-electron chi connectivity index (χ3n) is 3.06. The number of aryl methyl sites for hydroxylation is 2. The second-order valence-electron chi connectivity index (χ2n) is 5.05. The molecule has 1 heterocycles. The molecule has 4 nitrogen and oxygen atoms in total. The first-order valence-corrected chi connectivity index (χ1v) is 6.40. The van der Waals surface area contributed by atoms with Gasteiger partial charge in [-0.05, 0) is 26.5 Å². The zero-order chi connectivity index (χ0) is 13.8. The van der Waals surface area contributed by atoms with Crippen molar-refractivity contribution in [1.29, 1.82) is 0 Å². The van der Waals surface area contributed by atoms with Crippen molar-refractivity contribution < 1.29 is 9.63 Å². The second-order valence-corrected chi connectivity index (χ2v) is 5.05. The van der Waals surface area contributed by atoms with Crippen molar-refractivity contribution in [3.8, 4) is 0 Å². The molecule has 0 saturated carbocycles. The van der Waals surface area contributed by atoms with Gasteiger partial charge in [-0.1, -0.05) is 35.0 Å². The van der Waals surface area contributed by atoms with Crippen molar-refractivity contribution in [1.82, 2.24) is 10.1 Å². The third-order valence-corrected chi connectivity index (χ3v) is 3.06. The van der Waals surface area contributed by atoms with E-state index in [-0.39, 0.29) is 0 Å². The van der Waals surface area contributed by atoms with Crippen LogP contribution < -0.4 is 0 Å². The molecule has 2 aromatic rings. The first-order chi connectivity index (χ1) is 9.04. The van der Waals surface area contributed by atoms with Gasteiger partial charge < -0.3 is 9.63 Å². The molecule has 0 amide bonds. The quantitative estimate of drug-likeness (QED) is 0.897. The summed E-state index contributed by atoms with van der Waals surface area (Å²) < 4.78 is 5.03. The molecule has 1 aromatic heterocycles. The van der Waals surface area contributed by atoms with Crippen LogP contribution in [-0.2, 0) is 6.54 Å². The predicted molar refractivity (Wildman–Crippen MR) is 73.7 cm³/mol. The number of hydrogen-bond acceptors (Lipinski definition) is 4. The highest BCUT2D eigenvalue weighted by Gasteiger charge is 2.12. The van der Waals surface area contributed by atoms with Crippen LogP contribution in [0.5, 0.6) is 0 Å². The van der Waals surface area contributed by atoms with Crippen LogP contribution in [0.1, 0.15) is 28.7 Å². The minimum absolute atomic E-state index is 0.487. The number of aromatic nitrogens is 1. The summed E-state index contributed by atoms with van der Waals surface area (Å²) in [4.78, 5) is 2.03. The fourth-order valence-electron chi connectivity index (χ4n) is 2.02. The van der Waals surface area contributed by atoms with Gasteiger partial charge in [0.25, 0.3) is 0 Å². The van der Waals surface area contributed by atoms with E-state index in [2.05, 4.69) is 5.16 Å². The Labute approximate surface area is 113 Å². The lowest BCUT2D eigenvalue weighted by Gasteiger charge is -2.19. The van der Waals surface area contributed by atoms with E-state index in [0.29, 0.717) is 13.1 Å². The van der Waals surface area contributed by atoms with E-state index in [1.165, 1.54) is 5.56 Å². The largest absolute Gasteiger partial charge is 0.387 e. The number of hydrogen-bond donors (Lipinski definition) is 1. The minimum Gasteiger partial charge on any atom is -0.387 e. The maximum atomic E-state index is 10.2. The lowest BCUT2D eigenvalue weighted by Crippen LogP contribution is -2.24. The summed E-state index contributed by atoms with van der Waals surface area (Å²) in [5.41, 5.74) is 3.02. The zero-order valence-corrected chi connectivity index (χ0v) is 11.6. The molecule has 1 N–H and O–H groups in total. The molecule has 1 aromatic carbocycles. The maximum Gasteiger partial charge on any atom is 0.133 e. The van der Waals surface area contributed by atoms with Crippen LogP contribution in [0, 0.1) is 13.8 Å². The van der Waals surface area contributed by atoms with Crippen LogP contribution >= 0.6 is 0 Å². The van der Waals surface area contributed by atoms with Crippen LogP contribution in [0.3, 0.4) is 0 Å². The van der Waals surface area contributed by atoms with Crippen molar-refractivity contribution in [3.05, 3.63) is 52.9 Å². The monoisotopic (exact) mass is 260 g/mol. The lowest BCUT2D eigenvalue weighted by molar-refractivity contribution is 0.122. The van der Waals surface area contributed by atoms with Crippen molar-refractivity contribution >= 4 is 0 Å². The molecule has 0 bridgehead atoms. The molecule has 19 heavy (non-hydrogen) atoms. The highest BCUT2D eigenvalue weighted by atomic mass is 16.5. The molecule has 0 aliphatic carbocycles. The number of aliphatic hydroxyl groups is 1. The maximum absolute atomic E-state index is 10.2. The Kier molecular flexibility index (Phi) is 4.35. The van der Waals surface area contributed by atoms with Gasteiger partial charge in [0.2, 0.25) is 0 Å². The number of likely N-dealkylation sites (N-methyl/N-ethyl adjacent to an activating group) is 1. The smallest absolute Gasteiger partial charge is 0.133 e. The first kappa shape index (κ1) is 13.8. The summed E-state index contributed by atoms with van der Waals surface area (Å²) in [6.45, 7) is 5.14. The average Bonchev–Trinajstić information content (AvgIpc) is 2.75. The van der Waals surface area contributed by atoms with Gasteiger partial charge in [-0.2, -0.15) is 0 Å². The molecule has 102 valence electrons. The van der Waals surface area contributed by atoms with E-state index in [9.17, 15) is 5.11 Å². The van der Waals surface area contributed by atoms with Crippen molar-refractivity contribution in [3.63, 3.8) is 0 Å². The van der Waals surface area contributed by atoms with E-state index in [0.717, 1.165) is 17.0 Å². The van der Waals surface area contributed by atoms with E-state index >= 15 is 0 Å². The van der Waals surface area contributed by atoms with E-state index in [1.807, 2.05) is 56.1 Å². The molecule has 0 fully saturated rings. The molecular weight excluding hydrogens is 240 g/mol. The molecule has 0 radical (unpaired) electrons. The van der Waals surface area contributed by atoms with Crippen LogP contribution in [0.4, 0.5) is 0 Å². The number of aliphatic hydroxyl groups excluding tert-OH is 1. The zero-order valence-electron chi connectivity index (χ0n) is 11.6. The van der Waals surface area contributed by atoms with Crippen LogP contribution in [0.15, 0.2) is 34.9 Å². The van der Waals surface area contributed by atoms with Crippen LogP contribution in [0.25, 0.3) is 0 Å². The van der Waals surface area contributed by atoms with Gasteiger partial charge in [-0.3, -0.25) is 4.90 Å². The van der Waals surface area contributed by atoms with E-state index < -0.39 is 6.10 Å². The number of benzene rings is 1. The van der Waals surface area contributed by atoms with Crippen LogP contribution in [0.2, 0.25) is 0 Å². The standard InChI is InChI=1S/C15H20N2O2/c1-11-4-6-13(7-5-11)15(18)10-17(3)9-14-8-12(2)19-16-14/h4-8,15,18H,9-10H2,1-3H3. The molecular formula is C15H20N2O2. The molecule has 0 spiro atoms. The number of rotatable bonds is 5. The van der Waals surface area contributed by atoms with E-state index in [4.69, 9.17) is 4.52 Å². The van der Waals surface area contributed by atoms with Gasteiger partial charge in [0.1, 0.15) is 5.76 Å². The van der Waals surface area contributed by atoms with Crippen molar-refractivity contribution in [2.75, 3.05) is 13.6 Å². The lowest BCUT2D eigenvalue weighted by atomic mass is 10.1. The average molecular weight is 260 g/mol. The summed E-state index contributed by atoms with van der Waals surface area (Å²) in [7, 11) is 1.96. The van der Waals surface area contributed by atoms with Gasteiger partial charge in [0.15, 0.2) is 0 Å². The molecule has 1 unspecified atom stereocenters. The molecule has 0 saturated heterocycles. The van der Waals surface area contributed by atoms with Gasteiger partial charge in [-0.25, -0.2) is 0 Å². The summed E-state index contributed by atoms with van der Waals surface area (Å²) in [5, 5.41) is 14.1. The highest BCUT2D eigenvalue weighted by Crippen LogP contribution is 2.15. The van der Waals surface area contributed by atoms with Crippen molar-refractivity contribution in [2.24, 2.45) is 0 Å². The molecule has 4 heteroatoms. The third kappa shape index (κ3) is 3.91. The Morgan fingerprint density at radius 3 is 2.53 bits per heavy atom. The Morgan fingerprint density at radius 2 is 1.95 bits per heavy atom. The summed E-state index contributed by atoms with van der Waals surface area (Å²) in [5.74, 6) is 0.808. The van der Waals surface area contributed by atoms with Gasteiger partial charge in [-0.15, -0.1) is 0 Å². The summed E-state index contributed by atoms with van der Waals surface area (Å²) in [6, 6.07) is 9.87. The molecule has 1 atom stereocenters. The molecule has 0 aliphatic heterocycles. The van der Waals surface area contributed by atoms with Crippen LogP contribution in [-0.4, -0.2) is 28.8 Å². The normalized spacial score (nSPS) is 12.9. The molecule has 0 aliphatic rings. The van der Waals surface area contributed by atoms with E-state index in [1.54, 1.807) is 0 Å². The van der Waals surface area contributed by atoms with Crippen molar-refractivity contribution in [2.45, 2.75) is 26.5 Å². The Morgan fingerprint density at radius 1 is 1.26 bits per heavy atom. The Bertz CT molecular complexity index is 519. The topological polar surface area (TPSA) is 49.5 Å². The van der Waals surface area contributed by atoms with Gasteiger partial charge in [0, 0.05) is 19.2 Å². The summed E-state index contributed by atoms with van der Waals surface area (Å²) >= 11 is 0. The van der Waals surface area contributed by atoms with Gasteiger partial charge in [0.05, 0.1) is 11.8 Å². The highest BCUT2D eigenvalue weighted by molar-refractivity contribution is 5.23. The fourth-order valence-corrected chi connectivity index (χ4v) is 2.02. The second kappa shape index (κ2) is 5.99.